The van der Waals surface area contributed by atoms with Gasteiger partial charge in [0.25, 0.3) is 0 Å². The van der Waals surface area contributed by atoms with E-state index in [1.165, 1.54) is 0 Å². The van der Waals surface area contributed by atoms with Gasteiger partial charge in [-0.1, -0.05) is 12.1 Å². The maximum atomic E-state index is 11.8. The van der Waals surface area contributed by atoms with Crippen LogP contribution >= 0.6 is 0 Å². The van der Waals surface area contributed by atoms with Crippen molar-refractivity contribution >= 4 is 5.97 Å². The Balaban J connectivity index is 2.87. The molecule has 0 amide bonds. The van der Waals surface area contributed by atoms with Crippen molar-refractivity contribution in [1.29, 1.82) is 0 Å². The van der Waals surface area contributed by atoms with Crippen LogP contribution < -0.4 is 0 Å². The number of aryl methyl sites for hydroxylation is 2. The molecule has 1 aromatic carbocycles. The number of hydrogen-bond acceptors (Lipinski definition) is 4. The Morgan fingerprint density at radius 1 is 1.21 bits per heavy atom. The molecule has 4 nitrogen and oxygen atoms in total. The molecule has 0 aromatic heterocycles. The molecule has 1 aromatic rings. The Labute approximate surface area is 114 Å². The molecule has 0 aliphatic rings. The van der Waals surface area contributed by atoms with E-state index in [0.29, 0.717) is 25.4 Å². The van der Waals surface area contributed by atoms with Gasteiger partial charge < -0.3 is 14.6 Å². The van der Waals surface area contributed by atoms with Gasteiger partial charge in [0.05, 0.1) is 6.61 Å². The van der Waals surface area contributed by atoms with E-state index in [4.69, 9.17) is 9.47 Å². The summed E-state index contributed by atoms with van der Waals surface area (Å²) in [7, 11) is 0. The fourth-order valence-corrected chi connectivity index (χ4v) is 2.02. The molecule has 0 heterocycles. The number of phenolic OH excluding ortho intramolecular Hbond substituents is 1. The highest BCUT2D eigenvalue weighted by Crippen LogP contribution is 2.24. The van der Waals surface area contributed by atoms with Crippen LogP contribution in [0.5, 0.6) is 5.75 Å². The third-order valence-corrected chi connectivity index (χ3v) is 2.89. The predicted molar refractivity (Wildman–Crippen MR) is 73.3 cm³/mol. The SMILES string of the molecule is CCOC(=O)[C@@H](Cc1cc(C)c(O)c(C)c1)OCC. The highest BCUT2D eigenvalue weighted by atomic mass is 16.6. The van der Waals surface area contributed by atoms with Crippen LogP contribution in [0.25, 0.3) is 0 Å². The van der Waals surface area contributed by atoms with Crippen LogP contribution in [0.15, 0.2) is 12.1 Å². The van der Waals surface area contributed by atoms with E-state index >= 15 is 0 Å². The quantitative estimate of drug-likeness (QED) is 0.804. The molecule has 1 N–H and O–H groups in total. The molecule has 1 atom stereocenters. The van der Waals surface area contributed by atoms with Gasteiger partial charge in [-0.2, -0.15) is 0 Å². The summed E-state index contributed by atoms with van der Waals surface area (Å²) in [5.41, 5.74) is 2.56. The molecule has 106 valence electrons. The van der Waals surface area contributed by atoms with Gasteiger partial charge in [0, 0.05) is 13.0 Å². The van der Waals surface area contributed by atoms with Crippen LogP contribution in [0.4, 0.5) is 0 Å². The number of ether oxygens (including phenoxy) is 2. The minimum Gasteiger partial charge on any atom is -0.507 e. The fourth-order valence-electron chi connectivity index (χ4n) is 2.02. The topological polar surface area (TPSA) is 55.8 Å². The predicted octanol–water partition coefficient (Wildman–Crippen LogP) is 2.52. The summed E-state index contributed by atoms with van der Waals surface area (Å²) in [6, 6.07) is 3.74. The summed E-state index contributed by atoms with van der Waals surface area (Å²) in [4.78, 5) is 11.8. The Morgan fingerprint density at radius 2 is 1.79 bits per heavy atom. The summed E-state index contributed by atoms with van der Waals surface area (Å²) in [6.07, 6.45) is -0.137. The molecule has 0 unspecified atom stereocenters. The average Bonchev–Trinajstić information content (AvgIpc) is 2.35. The first-order valence-corrected chi connectivity index (χ1v) is 6.56. The van der Waals surface area contributed by atoms with Crippen molar-refractivity contribution in [2.75, 3.05) is 13.2 Å². The van der Waals surface area contributed by atoms with Gasteiger partial charge in [0.15, 0.2) is 6.10 Å². The van der Waals surface area contributed by atoms with Gasteiger partial charge in [-0.05, 0) is 44.4 Å². The van der Waals surface area contributed by atoms with E-state index in [1.807, 2.05) is 32.9 Å². The van der Waals surface area contributed by atoms with Crippen molar-refractivity contribution in [3.05, 3.63) is 28.8 Å². The van der Waals surface area contributed by atoms with E-state index in [9.17, 15) is 9.90 Å². The van der Waals surface area contributed by atoms with E-state index in [1.54, 1.807) is 6.92 Å². The van der Waals surface area contributed by atoms with Gasteiger partial charge in [0.2, 0.25) is 0 Å². The number of rotatable bonds is 6. The zero-order valence-electron chi connectivity index (χ0n) is 12.0. The largest absolute Gasteiger partial charge is 0.507 e. The van der Waals surface area contributed by atoms with Gasteiger partial charge in [-0.25, -0.2) is 4.79 Å². The van der Waals surface area contributed by atoms with E-state index < -0.39 is 6.10 Å². The third kappa shape index (κ3) is 4.24. The number of hydrogen-bond donors (Lipinski definition) is 1. The monoisotopic (exact) mass is 266 g/mol. The number of aromatic hydroxyl groups is 1. The first-order chi connectivity index (χ1) is 8.99. The standard InChI is InChI=1S/C15H22O4/c1-5-18-13(15(17)19-6-2)9-12-7-10(3)14(16)11(4)8-12/h7-8,13,16H,5-6,9H2,1-4H3/t13-/m1/s1. The minimum absolute atomic E-state index is 0.299. The summed E-state index contributed by atoms with van der Waals surface area (Å²) in [6.45, 7) is 8.10. The van der Waals surface area contributed by atoms with E-state index in [2.05, 4.69) is 0 Å². The second-order valence-electron chi connectivity index (χ2n) is 4.48. The van der Waals surface area contributed by atoms with E-state index in [0.717, 1.165) is 16.7 Å². The fraction of sp³-hybridized carbons (Fsp3) is 0.533. The second kappa shape index (κ2) is 7.14. The molecule has 0 spiro atoms. The zero-order valence-corrected chi connectivity index (χ0v) is 12.0. The smallest absolute Gasteiger partial charge is 0.335 e. The Morgan fingerprint density at radius 3 is 2.26 bits per heavy atom. The van der Waals surface area contributed by atoms with Gasteiger partial charge in [0.1, 0.15) is 5.75 Å². The van der Waals surface area contributed by atoms with Crippen molar-refractivity contribution in [3.63, 3.8) is 0 Å². The number of carbonyl (C=O) groups is 1. The van der Waals surface area contributed by atoms with Crippen molar-refractivity contribution in [3.8, 4) is 5.75 Å². The first-order valence-electron chi connectivity index (χ1n) is 6.56. The van der Waals surface area contributed by atoms with Gasteiger partial charge in [-0.3, -0.25) is 0 Å². The lowest BCUT2D eigenvalue weighted by Gasteiger charge is -2.16. The molecule has 0 saturated carbocycles. The molecule has 0 radical (unpaired) electrons. The molecule has 1 rings (SSSR count). The van der Waals surface area contributed by atoms with Crippen LogP contribution in [-0.2, 0) is 20.7 Å². The third-order valence-electron chi connectivity index (χ3n) is 2.89. The molecular formula is C15H22O4. The van der Waals surface area contributed by atoms with Crippen molar-refractivity contribution in [2.24, 2.45) is 0 Å². The van der Waals surface area contributed by atoms with Crippen LogP contribution in [0.3, 0.4) is 0 Å². The number of benzene rings is 1. The lowest BCUT2D eigenvalue weighted by Crippen LogP contribution is -2.29. The number of carbonyl (C=O) groups excluding carboxylic acids is 1. The van der Waals surface area contributed by atoms with Crippen molar-refractivity contribution in [1.82, 2.24) is 0 Å². The lowest BCUT2D eigenvalue weighted by atomic mass is 10.0. The molecule has 4 heteroatoms. The van der Waals surface area contributed by atoms with Gasteiger partial charge >= 0.3 is 5.97 Å². The summed E-state index contributed by atoms with van der Waals surface area (Å²) in [5, 5.41) is 9.74. The molecule has 0 fully saturated rings. The Hall–Kier alpha value is -1.55. The molecule has 0 bridgehead atoms. The minimum atomic E-state index is -0.590. The average molecular weight is 266 g/mol. The van der Waals surface area contributed by atoms with Crippen molar-refractivity contribution in [2.45, 2.75) is 40.2 Å². The normalized spacial score (nSPS) is 12.2. The summed E-state index contributed by atoms with van der Waals surface area (Å²) >= 11 is 0. The summed E-state index contributed by atoms with van der Waals surface area (Å²) in [5.74, 6) is -0.0411. The number of esters is 1. The van der Waals surface area contributed by atoms with Crippen LogP contribution in [-0.4, -0.2) is 30.4 Å². The second-order valence-corrected chi connectivity index (χ2v) is 4.48. The lowest BCUT2D eigenvalue weighted by molar-refractivity contribution is -0.156. The highest BCUT2D eigenvalue weighted by Gasteiger charge is 2.21. The van der Waals surface area contributed by atoms with Crippen LogP contribution in [0, 0.1) is 13.8 Å². The maximum absolute atomic E-state index is 11.8. The van der Waals surface area contributed by atoms with Crippen LogP contribution in [0.1, 0.15) is 30.5 Å². The molecule has 0 aliphatic heterocycles. The molecule has 0 saturated heterocycles. The van der Waals surface area contributed by atoms with Crippen LogP contribution in [0.2, 0.25) is 0 Å². The zero-order chi connectivity index (χ0) is 14.4. The molecular weight excluding hydrogens is 244 g/mol. The molecule has 19 heavy (non-hydrogen) atoms. The molecule has 0 aliphatic carbocycles. The van der Waals surface area contributed by atoms with Crippen molar-refractivity contribution < 1.29 is 19.4 Å². The maximum Gasteiger partial charge on any atom is 0.335 e. The highest BCUT2D eigenvalue weighted by molar-refractivity contribution is 5.75. The first kappa shape index (κ1) is 15.5. The Kier molecular flexibility index (Phi) is 5.83. The number of phenols is 1. The van der Waals surface area contributed by atoms with E-state index in [-0.39, 0.29) is 5.97 Å². The van der Waals surface area contributed by atoms with Gasteiger partial charge in [-0.15, -0.1) is 0 Å². The Bertz CT molecular complexity index is 417. The summed E-state index contributed by atoms with van der Waals surface area (Å²) < 4.78 is 10.4.